The van der Waals surface area contributed by atoms with E-state index in [-0.39, 0.29) is 23.8 Å². The first-order valence-corrected chi connectivity index (χ1v) is 11.5. The Bertz CT molecular complexity index is 1420. The van der Waals surface area contributed by atoms with Crippen LogP contribution >= 0.6 is 11.3 Å². The molecule has 0 unspecified atom stereocenters. The van der Waals surface area contributed by atoms with Crippen molar-refractivity contribution in [1.82, 2.24) is 18.7 Å². The standard InChI is InChI=1S/C22H23N5O3S/c1-2-3-10-25-20(29)19-17(9-11-31-19)27-21(25)24-26(22(27)30)13-18(28)23-16-8-7-14-5-4-6-15(14)12-16/h7-9,11-12H,2-6,10,13H2,1H3,(H,23,28). The number of hydrogen-bond acceptors (Lipinski definition) is 5. The van der Waals surface area contributed by atoms with Crippen LogP contribution in [-0.4, -0.2) is 24.7 Å². The summed E-state index contributed by atoms with van der Waals surface area (Å²) >= 11 is 1.31. The molecule has 1 N–H and O–H groups in total. The zero-order valence-electron chi connectivity index (χ0n) is 17.3. The summed E-state index contributed by atoms with van der Waals surface area (Å²) in [5.41, 5.74) is 3.29. The van der Waals surface area contributed by atoms with E-state index in [0.717, 1.165) is 42.5 Å². The molecule has 3 aromatic heterocycles. The van der Waals surface area contributed by atoms with Crippen LogP contribution in [-0.2, 0) is 30.7 Å². The Balaban J connectivity index is 1.50. The minimum Gasteiger partial charge on any atom is -0.324 e. The van der Waals surface area contributed by atoms with E-state index in [0.29, 0.717) is 16.8 Å². The van der Waals surface area contributed by atoms with Crippen LogP contribution in [0.4, 0.5) is 5.69 Å². The van der Waals surface area contributed by atoms with E-state index >= 15 is 0 Å². The Morgan fingerprint density at radius 2 is 2.03 bits per heavy atom. The molecule has 0 atom stereocenters. The molecule has 0 saturated heterocycles. The molecular weight excluding hydrogens is 414 g/mol. The summed E-state index contributed by atoms with van der Waals surface area (Å²) in [6, 6.07) is 7.70. The van der Waals surface area contributed by atoms with Crippen molar-refractivity contribution in [3.05, 3.63) is 61.6 Å². The molecule has 4 aromatic rings. The maximum atomic E-state index is 13.1. The molecule has 0 radical (unpaired) electrons. The predicted molar refractivity (Wildman–Crippen MR) is 121 cm³/mol. The molecule has 31 heavy (non-hydrogen) atoms. The number of amides is 1. The number of rotatable bonds is 6. The molecule has 1 aromatic carbocycles. The van der Waals surface area contributed by atoms with E-state index in [4.69, 9.17) is 0 Å². The van der Waals surface area contributed by atoms with Crippen molar-refractivity contribution in [2.45, 2.75) is 52.1 Å². The molecular formula is C22H23N5O3S. The smallest absolute Gasteiger partial charge is 0.324 e. The first-order chi connectivity index (χ1) is 15.1. The van der Waals surface area contributed by atoms with Gasteiger partial charge in [-0.2, -0.15) is 0 Å². The Kier molecular flexibility index (Phi) is 4.97. The van der Waals surface area contributed by atoms with Crippen molar-refractivity contribution in [3.63, 3.8) is 0 Å². The molecule has 1 aliphatic carbocycles. The number of hydrogen-bond donors (Lipinski definition) is 1. The summed E-state index contributed by atoms with van der Waals surface area (Å²) in [4.78, 5) is 38.7. The Labute approximate surface area is 181 Å². The van der Waals surface area contributed by atoms with Gasteiger partial charge in [-0.05, 0) is 60.4 Å². The van der Waals surface area contributed by atoms with Crippen molar-refractivity contribution < 1.29 is 4.79 Å². The highest BCUT2D eigenvalue weighted by atomic mass is 32.1. The van der Waals surface area contributed by atoms with Crippen LogP contribution in [0.1, 0.15) is 37.3 Å². The third-order valence-electron chi connectivity index (χ3n) is 5.80. The molecule has 9 heteroatoms. The SMILES string of the molecule is CCCCn1c(=O)c2sccc2n2c(=O)n(CC(=O)Nc3ccc4c(c3)CCC4)nc12. The van der Waals surface area contributed by atoms with E-state index in [2.05, 4.69) is 16.5 Å². The number of carbonyl (C=O) groups excluding carboxylic acids is 1. The number of benzene rings is 1. The molecule has 0 fully saturated rings. The van der Waals surface area contributed by atoms with Crippen molar-refractivity contribution in [2.75, 3.05) is 5.32 Å². The number of thiophene rings is 1. The number of aromatic nitrogens is 4. The normalized spacial score (nSPS) is 13.2. The van der Waals surface area contributed by atoms with Gasteiger partial charge in [0, 0.05) is 12.2 Å². The molecule has 0 bridgehead atoms. The van der Waals surface area contributed by atoms with Gasteiger partial charge in [0.05, 0.1) is 5.52 Å². The molecule has 3 heterocycles. The summed E-state index contributed by atoms with van der Waals surface area (Å²) in [7, 11) is 0. The van der Waals surface area contributed by atoms with Gasteiger partial charge in [0.25, 0.3) is 5.56 Å². The van der Waals surface area contributed by atoms with Crippen LogP contribution in [0.2, 0.25) is 0 Å². The van der Waals surface area contributed by atoms with Crippen molar-refractivity contribution in [3.8, 4) is 0 Å². The number of nitrogens with zero attached hydrogens (tertiary/aromatic N) is 4. The fourth-order valence-electron chi connectivity index (χ4n) is 4.24. The first kappa shape index (κ1) is 19.7. The highest BCUT2D eigenvalue weighted by molar-refractivity contribution is 7.17. The summed E-state index contributed by atoms with van der Waals surface area (Å²) in [5, 5.41) is 9.03. The minimum absolute atomic E-state index is 0.148. The lowest BCUT2D eigenvalue weighted by Gasteiger charge is -2.07. The highest BCUT2D eigenvalue weighted by Gasteiger charge is 2.19. The second kappa shape index (κ2) is 7.81. The molecule has 5 rings (SSSR count). The maximum Gasteiger partial charge on any atom is 0.352 e. The molecule has 8 nitrogen and oxygen atoms in total. The quantitative estimate of drug-likeness (QED) is 0.502. The third-order valence-corrected chi connectivity index (χ3v) is 6.69. The number of anilines is 1. The Morgan fingerprint density at radius 1 is 1.19 bits per heavy atom. The summed E-state index contributed by atoms with van der Waals surface area (Å²) < 4.78 is 4.63. The lowest BCUT2D eigenvalue weighted by atomic mass is 10.1. The van der Waals surface area contributed by atoms with Crippen molar-refractivity contribution in [1.29, 1.82) is 0 Å². The average Bonchev–Trinajstić information content (AvgIpc) is 3.47. The molecule has 160 valence electrons. The third kappa shape index (κ3) is 3.38. The van der Waals surface area contributed by atoms with Gasteiger partial charge in [-0.3, -0.25) is 14.2 Å². The van der Waals surface area contributed by atoms with Crippen LogP contribution in [0.15, 0.2) is 39.2 Å². The van der Waals surface area contributed by atoms with Crippen LogP contribution in [0.25, 0.3) is 16.0 Å². The van der Waals surface area contributed by atoms with Crippen LogP contribution < -0.4 is 16.6 Å². The van der Waals surface area contributed by atoms with Gasteiger partial charge in [0.1, 0.15) is 11.2 Å². The van der Waals surface area contributed by atoms with Crippen LogP contribution in [0.3, 0.4) is 0 Å². The van der Waals surface area contributed by atoms with Crippen LogP contribution in [0.5, 0.6) is 0 Å². The van der Waals surface area contributed by atoms with E-state index in [9.17, 15) is 14.4 Å². The second-order valence-electron chi connectivity index (χ2n) is 7.91. The summed E-state index contributed by atoms with van der Waals surface area (Å²) in [5.74, 6) is -0.0489. The van der Waals surface area contributed by atoms with Crippen molar-refractivity contribution >= 4 is 38.9 Å². The van der Waals surface area contributed by atoms with Gasteiger partial charge >= 0.3 is 5.69 Å². The topological polar surface area (TPSA) is 90.4 Å². The summed E-state index contributed by atoms with van der Waals surface area (Å²) in [6.45, 7) is 2.30. The monoisotopic (exact) mass is 437 g/mol. The number of aryl methyl sites for hydroxylation is 3. The van der Waals surface area contributed by atoms with Gasteiger partial charge in [-0.1, -0.05) is 19.4 Å². The number of nitrogens with one attached hydrogen (secondary N) is 1. The van der Waals surface area contributed by atoms with Gasteiger partial charge in [0.15, 0.2) is 0 Å². The number of unbranched alkanes of at least 4 members (excludes halogenated alkanes) is 1. The Morgan fingerprint density at radius 3 is 2.87 bits per heavy atom. The maximum absolute atomic E-state index is 13.1. The zero-order valence-corrected chi connectivity index (χ0v) is 18.1. The van der Waals surface area contributed by atoms with E-state index in [1.54, 1.807) is 16.0 Å². The number of fused-ring (bicyclic) bond motifs is 4. The van der Waals surface area contributed by atoms with E-state index in [1.165, 1.54) is 26.9 Å². The average molecular weight is 438 g/mol. The van der Waals surface area contributed by atoms with Gasteiger partial charge < -0.3 is 5.32 Å². The second-order valence-corrected chi connectivity index (χ2v) is 8.82. The summed E-state index contributed by atoms with van der Waals surface area (Å²) in [6.07, 6.45) is 4.95. The molecule has 1 aliphatic rings. The zero-order chi connectivity index (χ0) is 21.5. The number of carbonyl (C=O) groups is 1. The predicted octanol–water partition coefficient (Wildman–Crippen LogP) is 2.80. The molecule has 0 aliphatic heterocycles. The minimum atomic E-state index is -0.423. The van der Waals surface area contributed by atoms with Gasteiger partial charge in [-0.25, -0.2) is 13.9 Å². The largest absolute Gasteiger partial charge is 0.352 e. The van der Waals surface area contributed by atoms with Crippen LogP contribution in [0, 0.1) is 0 Å². The fraction of sp³-hybridized carbons (Fsp3) is 0.364. The first-order valence-electron chi connectivity index (χ1n) is 10.6. The fourth-order valence-corrected chi connectivity index (χ4v) is 5.06. The lowest BCUT2D eigenvalue weighted by Crippen LogP contribution is -2.29. The van der Waals surface area contributed by atoms with Gasteiger partial charge in [-0.15, -0.1) is 16.4 Å². The van der Waals surface area contributed by atoms with Crippen molar-refractivity contribution in [2.24, 2.45) is 0 Å². The van der Waals surface area contributed by atoms with Gasteiger partial charge in [0.2, 0.25) is 11.7 Å². The molecule has 1 amide bonds. The highest BCUT2D eigenvalue weighted by Crippen LogP contribution is 2.25. The molecule has 0 saturated carbocycles. The van der Waals surface area contributed by atoms with E-state index in [1.807, 2.05) is 19.1 Å². The molecule has 0 spiro atoms. The Hall–Kier alpha value is -3.20. The van der Waals surface area contributed by atoms with E-state index < -0.39 is 5.69 Å². The lowest BCUT2D eigenvalue weighted by molar-refractivity contribution is -0.117.